The van der Waals surface area contributed by atoms with Gasteiger partial charge >= 0.3 is 6.09 Å². The summed E-state index contributed by atoms with van der Waals surface area (Å²) < 4.78 is 19.1. The average molecular weight is 398 g/mol. The van der Waals surface area contributed by atoms with E-state index >= 15 is 0 Å². The van der Waals surface area contributed by atoms with Gasteiger partial charge in [0.1, 0.15) is 5.82 Å². The second kappa shape index (κ2) is 8.23. The van der Waals surface area contributed by atoms with Crippen molar-refractivity contribution in [2.75, 3.05) is 23.0 Å². The Bertz CT molecular complexity index is 957. The van der Waals surface area contributed by atoms with Crippen molar-refractivity contribution < 1.29 is 18.7 Å². The number of amides is 2. The van der Waals surface area contributed by atoms with Gasteiger partial charge < -0.3 is 9.64 Å². The van der Waals surface area contributed by atoms with E-state index in [1.165, 1.54) is 12.1 Å². The third kappa shape index (κ3) is 3.84. The monoisotopic (exact) mass is 398 g/mol. The first-order valence-electron chi connectivity index (χ1n) is 9.93. The molecule has 1 heterocycles. The van der Waals surface area contributed by atoms with Crippen molar-refractivity contribution in [1.29, 1.82) is 0 Å². The van der Waals surface area contributed by atoms with Gasteiger partial charge in [0, 0.05) is 12.1 Å². The van der Waals surface area contributed by atoms with Crippen molar-refractivity contribution >= 4 is 23.4 Å². The van der Waals surface area contributed by atoms with Crippen molar-refractivity contribution in [3.8, 4) is 0 Å². The summed E-state index contributed by atoms with van der Waals surface area (Å²) in [4.78, 5) is 29.4. The first kappa shape index (κ1) is 20.8. The van der Waals surface area contributed by atoms with E-state index in [9.17, 15) is 14.0 Å². The maximum Gasteiger partial charge on any atom is 0.414 e. The van der Waals surface area contributed by atoms with Crippen LogP contribution in [0.2, 0.25) is 0 Å². The Morgan fingerprint density at radius 3 is 2.31 bits per heavy atom. The average Bonchev–Trinajstić information content (AvgIpc) is 2.69. The molecule has 29 heavy (non-hydrogen) atoms. The number of carbonyl (C=O) groups is 2. The summed E-state index contributed by atoms with van der Waals surface area (Å²) in [6.07, 6.45) is 0.231. The molecule has 2 aromatic carbocycles. The third-order valence-corrected chi connectivity index (χ3v) is 5.51. The highest BCUT2D eigenvalue weighted by atomic mass is 19.1. The molecule has 0 aromatic heterocycles. The standard InChI is InChI=1S/C23H27FN2O3/c1-6-18-13-25(22(27)19-12-17(24)9-8-14(19)3)20-10-15(4)16(5)11-21(20)26(18)23(28)29-7-2/h8-12,18H,6-7,13H2,1-5H3. The Hall–Kier alpha value is -2.89. The lowest BCUT2D eigenvalue weighted by Crippen LogP contribution is -2.53. The van der Waals surface area contributed by atoms with Crippen LogP contribution in [-0.4, -0.2) is 31.2 Å². The van der Waals surface area contributed by atoms with Crippen LogP contribution >= 0.6 is 0 Å². The summed E-state index contributed by atoms with van der Waals surface area (Å²) >= 11 is 0. The number of benzene rings is 2. The van der Waals surface area contributed by atoms with E-state index in [-0.39, 0.29) is 18.6 Å². The number of carbonyl (C=O) groups excluding carboxylic acids is 2. The van der Waals surface area contributed by atoms with E-state index in [2.05, 4.69) is 0 Å². The predicted octanol–water partition coefficient (Wildman–Crippen LogP) is 5.15. The minimum Gasteiger partial charge on any atom is -0.449 e. The van der Waals surface area contributed by atoms with E-state index in [1.54, 1.807) is 29.7 Å². The molecule has 0 radical (unpaired) electrons. The summed E-state index contributed by atoms with van der Waals surface area (Å²) in [6.45, 7) is 10.1. The Labute approximate surface area is 171 Å². The molecule has 0 bridgehead atoms. The van der Waals surface area contributed by atoms with Gasteiger partial charge in [-0.2, -0.15) is 0 Å². The lowest BCUT2D eigenvalue weighted by Gasteiger charge is -2.42. The number of halogens is 1. The van der Waals surface area contributed by atoms with Crippen LogP contribution in [0.25, 0.3) is 0 Å². The molecule has 0 aliphatic carbocycles. The van der Waals surface area contributed by atoms with Gasteiger partial charge in [0.05, 0.1) is 24.0 Å². The molecule has 1 aliphatic rings. The number of aryl methyl sites for hydroxylation is 3. The Morgan fingerprint density at radius 1 is 1.03 bits per heavy atom. The number of fused-ring (bicyclic) bond motifs is 1. The summed E-state index contributed by atoms with van der Waals surface area (Å²) in [7, 11) is 0. The van der Waals surface area contributed by atoms with Crippen LogP contribution in [0, 0.1) is 26.6 Å². The molecule has 2 amide bonds. The van der Waals surface area contributed by atoms with E-state index in [1.807, 2.05) is 32.9 Å². The van der Waals surface area contributed by atoms with Crippen LogP contribution < -0.4 is 9.80 Å². The van der Waals surface area contributed by atoms with Gasteiger partial charge in [0.25, 0.3) is 5.91 Å². The molecule has 0 spiro atoms. The van der Waals surface area contributed by atoms with Gasteiger partial charge in [-0.3, -0.25) is 9.69 Å². The zero-order chi connectivity index (χ0) is 21.3. The lowest BCUT2D eigenvalue weighted by molar-refractivity contribution is 0.0980. The van der Waals surface area contributed by atoms with Gasteiger partial charge in [-0.05, 0) is 75.1 Å². The summed E-state index contributed by atoms with van der Waals surface area (Å²) in [5, 5.41) is 0. The van der Waals surface area contributed by atoms with Crippen molar-refractivity contribution in [3.63, 3.8) is 0 Å². The zero-order valence-corrected chi connectivity index (χ0v) is 17.6. The molecule has 0 saturated heterocycles. The van der Waals surface area contributed by atoms with Crippen LogP contribution in [0.3, 0.4) is 0 Å². The van der Waals surface area contributed by atoms with E-state index in [0.717, 1.165) is 11.1 Å². The van der Waals surface area contributed by atoms with Crippen LogP contribution in [0.1, 0.15) is 47.3 Å². The van der Waals surface area contributed by atoms with E-state index < -0.39 is 11.9 Å². The maximum atomic E-state index is 13.8. The van der Waals surface area contributed by atoms with Gasteiger partial charge in [0.15, 0.2) is 0 Å². The molecule has 6 heteroatoms. The summed E-state index contributed by atoms with van der Waals surface area (Å²) in [5.41, 5.74) is 4.35. The molecule has 3 rings (SSSR count). The number of rotatable bonds is 3. The Balaban J connectivity index is 2.15. The second-order valence-electron chi connectivity index (χ2n) is 7.43. The predicted molar refractivity (Wildman–Crippen MR) is 112 cm³/mol. The minimum atomic E-state index is -0.448. The lowest BCUT2D eigenvalue weighted by atomic mass is 9.99. The highest BCUT2D eigenvalue weighted by Crippen LogP contribution is 2.39. The molecule has 2 aromatic rings. The molecule has 1 unspecified atom stereocenters. The molecular formula is C23H27FN2O3. The van der Waals surface area contributed by atoms with Crippen molar-refractivity contribution in [2.45, 2.75) is 47.1 Å². The Kier molecular flexibility index (Phi) is 5.91. The van der Waals surface area contributed by atoms with Crippen molar-refractivity contribution in [3.05, 3.63) is 58.4 Å². The van der Waals surface area contributed by atoms with Crippen LogP contribution in [0.4, 0.5) is 20.6 Å². The van der Waals surface area contributed by atoms with E-state index in [4.69, 9.17) is 4.74 Å². The molecular weight excluding hydrogens is 371 g/mol. The molecule has 0 N–H and O–H groups in total. The molecule has 154 valence electrons. The molecule has 1 aliphatic heterocycles. The van der Waals surface area contributed by atoms with Gasteiger partial charge in [-0.15, -0.1) is 0 Å². The smallest absolute Gasteiger partial charge is 0.414 e. The fourth-order valence-electron chi connectivity index (χ4n) is 3.70. The number of hydrogen-bond donors (Lipinski definition) is 0. The van der Waals surface area contributed by atoms with Gasteiger partial charge in [-0.1, -0.05) is 13.0 Å². The second-order valence-corrected chi connectivity index (χ2v) is 7.43. The number of ether oxygens (including phenoxy) is 1. The molecule has 0 saturated carbocycles. The first-order valence-corrected chi connectivity index (χ1v) is 9.93. The molecule has 5 nitrogen and oxygen atoms in total. The number of hydrogen-bond acceptors (Lipinski definition) is 3. The quantitative estimate of drug-likeness (QED) is 0.718. The third-order valence-electron chi connectivity index (χ3n) is 5.51. The summed E-state index contributed by atoms with van der Waals surface area (Å²) in [6, 6.07) is 7.83. The van der Waals surface area contributed by atoms with Gasteiger partial charge in [0.2, 0.25) is 0 Å². The number of nitrogens with zero attached hydrogens (tertiary/aromatic N) is 2. The molecule has 0 fully saturated rings. The Morgan fingerprint density at radius 2 is 1.69 bits per heavy atom. The maximum absolute atomic E-state index is 13.8. The first-order chi connectivity index (χ1) is 13.8. The van der Waals surface area contributed by atoms with Crippen molar-refractivity contribution in [1.82, 2.24) is 0 Å². The van der Waals surface area contributed by atoms with Crippen LogP contribution in [-0.2, 0) is 4.74 Å². The molecule has 1 atom stereocenters. The summed E-state index contributed by atoms with van der Waals surface area (Å²) in [5.74, 6) is -0.718. The SMILES string of the molecule is CCOC(=O)N1c2cc(C)c(C)cc2N(C(=O)c2cc(F)ccc2C)CC1CC. The highest BCUT2D eigenvalue weighted by Gasteiger charge is 2.38. The van der Waals surface area contributed by atoms with Crippen LogP contribution in [0.15, 0.2) is 30.3 Å². The zero-order valence-electron chi connectivity index (χ0n) is 17.6. The number of anilines is 2. The normalized spacial score (nSPS) is 15.9. The van der Waals surface area contributed by atoms with Crippen molar-refractivity contribution in [2.24, 2.45) is 0 Å². The van der Waals surface area contributed by atoms with Crippen LogP contribution in [0.5, 0.6) is 0 Å². The topological polar surface area (TPSA) is 49.9 Å². The fourth-order valence-corrected chi connectivity index (χ4v) is 3.70. The highest BCUT2D eigenvalue weighted by molar-refractivity contribution is 6.11. The minimum absolute atomic E-state index is 0.235. The van der Waals surface area contributed by atoms with E-state index in [0.29, 0.717) is 35.5 Å². The van der Waals surface area contributed by atoms with Gasteiger partial charge in [-0.25, -0.2) is 9.18 Å². The largest absolute Gasteiger partial charge is 0.449 e. The fraction of sp³-hybridized carbons (Fsp3) is 0.391.